The van der Waals surface area contributed by atoms with Crippen molar-refractivity contribution in [1.82, 2.24) is 19.8 Å². The maximum Gasteiger partial charge on any atom is 0.321 e. The first-order valence-electron chi connectivity index (χ1n) is 8.69. The van der Waals surface area contributed by atoms with E-state index in [4.69, 9.17) is 11.6 Å². The van der Waals surface area contributed by atoms with Crippen molar-refractivity contribution in [2.45, 2.75) is 31.0 Å². The number of urea groups is 1. The molecule has 0 radical (unpaired) electrons. The molecular formula is C16H25ClN4O4S2. The quantitative estimate of drug-likeness (QED) is 0.705. The molecule has 0 spiro atoms. The Morgan fingerprint density at radius 3 is 2.33 bits per heavy atom. The van der Waals surface area contributed by atoms with Crippen LogP contribution in [0.25, 0.3) is 0 Å². The molecule has 11 heteroatoms. The number of nitrogens with zero attached hydrogens (tertiary/aromatic N) is 2. The largest absolute Gasteiger partial charge is 0.338 e. The molecule has 8 nitrogen and oxygen atoms in total. The molecule has 1 unspecified atom stereocenters. The van der Waals surface area contributed by atoms with Crippen LogP contribution in [0.4, 0.5) is 4.79 Å². The number of hydrogen-bond donors (Lipinski definition) is 2. The van der Waals surface area contributed by atoms with Crippen LogP contribution in [0, 0.1) is 5.92 Å². The van der Waals surface area contributed by atoms with Crippen LogP contribution in [0.1, 0.15) is 20.8 Å². The van der Waals surface area contributed by atoms with E-state index in [1.165, 1.54) is 10.4 Å². The second-order valence-electron chi connectivity index (χ2n) is 6.77. The summed E-state index contributed by atoms with van der Waals surface area (Å²) in [6, 6.07) is 2.01. The SMILES string of the molecule is CC(C)CNC(=O)NC(=O)C(C)N1CCN(S(=O)(=O)c2ccc(Cl)s2)CC1. The minimum absolute atomic E-state index is 0.216. The van der Waals surface area contributed by atoms with Gasteiger partial charge in [0.15, 0.2) is 0 Å². The summed E-state index contributed by atoms with van der Waals surface area (Å²) in [6.07, 6.45) is 0. The van der Waals surface area contributed by atoms with Gasteiger partial charge in [0.05, 0.1) is 10.4 Å². The maximum absolute atomic E-state index is 12.6. The highest BCUT2D eigenvalue weighted by Gasteiger charge is 2.32. The number of hydrogen-bond acceptors (Lipinski definition) is 6. The Morgan fingerprint density at radius 1 is 1.19 bits per heavy atom. The van der Waals surface area contributed by atoms with Gasteiger partial charge < -0.3 is 5.32 Å². The topological polar surface area (TPSA) is 98.8 Å². The van der Waals surface area contributed by atoms with Crippen LogP contribution in [-0.2, 0) is 14.8 Å². The molecule has 1 saturated heterocycles. The molecule has 1 aromatic rings. The third kappa shape index (κ3) is 5.89. The number of sulfonamides is 1. The number of halogens is 1. The number of piperazine rings is 1. The van der Waals surface area contributed by atoms with Crippen LogP contribution in [0.2, 0.25) is 4.34 Å². The third-order valence-corrected chi connectivity index (χ3v) is 7.85. The summed E-state index contributed by atoms with van der Waals surface area (Å²) in [5, 5.41) is 4.96. The van der Waals surface area contributed by atoms with Crippen LogP contribution in [0.3, 0.4) is 0 Å². The Bertz CT molecular complexity index is 773. The van der Waals surface area contributed by atoms with Crippen molar-refractivity contribution in [3.05, 3.63) is 16.5 Å². The van der Waals surface area contributed by atoms with E-state index in [1.54, 1.807) is 13.0 Å². The van der Waals surface area contributed by atoms with E-state index in [9.17, 15) is 18.0 Å². The Hall–Kier alpha value is -1.20. The average Bonchev–Trinajstić information content (AvgIpc) is 3.06. The van der Waals surface area contributed by atoms with Gasteiger partial charge in [0.1, 0.15) is 4.21 Å². The van der Waals surface area contributed by atoms with Crippen LogP contribution in [0.15, 0.2) is 16.3 Å². The summed E-state index contributed by atoms with van der Waals surface area (Å²) < 4.78 is 27.3. The van der Waals surface area contributed by atoms with Gasteiger partial charge in [-0.3, -0.25) is 15.0 Å². The highest BCUT2D eigenvalue weighted by molar-refractivity contribution is 7.91. The number of rotatable bonds is 6. The zero-order valence-corrected chi connectivity index (χ0v) is 18.0. The second-order valence-corrected chi connectivity index (χ2v) is 10.6. The predicted molar refractivity (Wildman–Crippen MR) is 106 cm³/mol. The highest BCUT2D eigenvalue weighted by atomic mass is 35.5. The van der Waals surface area contributed by atoms with E-state index in [0.717, 1.165) is 11.3 Å². The number of amides is 3. The number of carbonyl (C=O) groups excluding carboxylic acids is 2. The summed E-state index contributed by atoms with van der Waals surface area (Å²) in [4.78, 5) is 25.8. The molecule has 3 amide bonds. The second kappa shape index (κ2) is 9.33. The van der Waals surface area contributed by atoms with Crippen molar-refractivity contribution in [3.63, 3.8) is 0 Å². The summed E-state index contributed by atoms with van der Waals surface area (Å²) in [6.45, 7) is 7.46. The Balaban J connectivity index is 1.87. The van der Waals surface area contributed by atoms with Gasteiger partial charge in [0.25, 0.3) is 10.0 Å². The molecule has 0 aromatic carbocycles. The number of imide groups is 1. The molecule has 1 aromatic heterocycles. The fourth-order valence-corrected chi connectivity index (χ4v) is 5.68. The monoisotopic (exact) mass is 436 g/mol. The molecule has 0 bridgehead atoms. The molecular weight excluding hydrogens is 412 g/mol. The van der Waals surface area contributed by atoms with Gasteiger partial charge in [-0.25, -0.2) is 13.2 Å². The molecule has 152 valence electrons. The lowest BCUT2D eigenvalue weighted by Crippen LogP contribution is -2.56. The van der Waals surface area contributed by atoms with Crippen LogP contribution in [-0.4, -0.2) is 68.3 Å². The van der Waals surface area contributed by atoms with E-state index >= 15 is 0 Å². The summed E-state index contributed by atoms with van der Waals surface area (Å²) in [5.74, 6) is -0.117. The molecule has 27 heavy (non-hydrogen) atoms. The zero-order chi connectivity index (χ0) is 20.2. The molecule has 2 heterocycles. The van der Waals surface area contributed by atoms with Crippen LogP contribution in [0.5, 0.6) is 0 Å². The number of nitrogens with one attached hydrogen (secondary N) is 2. The smallest absolute Gasteiger partial charge is 0.321 e. The fraction of sp³-hybridized carbons (Fsp3) is 0.625. The lowest BCUT2D eigenvalue weighted by Gasteiger charge is -2.36. The first-order valence-corrected chi connectivity index (χ1v) is 11.3. The Kier molecular flexibility index (Phi) is 7.64. The average molecular weight is 437 g/mol. The van der Waals surface area contributed by atoms with Gasteiger partial charge in [-0.1, -0.05) is 25.4 Å². The van der Waals surface area contributed by atoms with Gasteiger partial charge in [0.2, 0.25) is 5.91 Å². The lowest BCUT2D eigenvalue weighted by molar-refractivity contribution is -0.125. The summed E-state index contributed by atoms with van der Waals surface area (Å²) in [5.41, 5.74) is 0. The molecule has 1 atom stereocenters. The molecule has 0 saturated carbocycles. The van der Waals surface area contributed by atoms with Crippen LogP contribution < -0.4 is 10.6 Å². The van der Waals surface area contributed by atoms with E-state index in [1.807, 2.05) is 18.7 Å². The molecule has 2 N–H and O–H groups in total. The van der Waals surface area contributed by atoms with Crippen molar-refractivity contribution < 1.29 is 18.0 Å². The Morgan fingerprint density at radius 2 is 1.81 bits per heavy atom. The van der Waals surface area contributed by atoms with E-state index in [0.29, 0.717) is 24.0 Å². The molecule has 1 fully saturated rings. The van der Waals surface area contributed by atoms with E-state index < -0.39 is 28.0 Å². The van der Waals surface area contributed by atoms with Gasteiger partial charge in [-0.2, -0.15) is 4.31 Å². The summed E-state index contributed by atoms with van der Waals surface area (Å²) in [7, 11) is -3.57. The minimum Gasteiger partial charge on any atom is -0.338 e. The molecule has 1 aliphatic rings. The van der Waals surface area contributed by atoms with Gasteiger partial charge in [-0.05, 0) is 25.0 Å². The number of thiophene rings is 1. The van der Waals surface area contributed by atoms with Crippen molar-refractivity contribution in [1.29, 1.82) is 0 Å². The van der Waals surface area contributed by atoms with Crippen molar-refractivity contribution in [2.24, 2.45) is 5.92 Å². The summed E-state index contributed by atoms with van der Waals surface area (Å²) >= 11 is 6.86. The molecule has 2 rings (SSSR count). The molecule has 0 aliphatic carbocycles. The Labute approximate surface area is 168 Å². The fourth-order valence-electron chi connectivity index (χ4n) is 2.62. The zero-order valence-electron chi connectivity index (χ0n) is 15.6. The number of carbonyl (C=O) groups is 2. The standard InChI is InChI=1S/C16H25ClN4O4S2/c1-11(2)10-18-16(23)19-15(22)12(3)20-6-8-21(9-7-20)27(24,25)14-5-4-13(17)26-14/h4-5,11-12H,6-10H2,1-3H3,(H2,18,19,22,23). The highest BCUT2D eigenvalue weighted by Crippen LogP contribution is 2.28. The van der Waals surface area contributed by atoms with Gasteiger partial charge >= 0.3 is 6.03 Å². The minimum atomic E-state index is -3.57. The van der Waals surface area contributed by atoms with E-state index in [2.05, 4.69) is 10.6 Å². The first-order chi connectivity index (χ1) is 12.6. The third-order valence-electron chi connectivity index (χ3n) is 4.25. The van der Waals surface area contributed by atoms with Crippen molar-refractivity contribution >= 4 is 44.9 Å². The van der Waals surface area contributed by atoms with E-state index in [-0.39, 0.29) is 23.2 Å². The van der Waals surface area contributed by atoms with Crippen molar-refractivity contribution in [3.8, 4) is 0 Å². The van der Waals surface area contributed by atoms with Gasteiger partial charge in [-0.15, -0.1) is 11.3 Å². The normalized spacial score (nSPS) is 17.7. The predicted octanol–water partition coefficient (Wildman–Crippen LogP) is 1.58. The molecule has 1 aliphatic heterocycles. The van der Waals surface area contributed by atoms with Crippen molar-refractivity contribution in [2.75, 3.05) is 32.7 Å². The maximum atomic E-state index is 12.6. The van der Waals surface area contributed by atoms with Crippen LogP contribution >= 0.6 is 22.9 Å². The van der Waals surface area contributed by atoms with Gasteiger partial charge in [0, 0.05) is 32.7 Å². The lowest BCUT2D eigenvalue weighted by atomic mass is 10.2. The first kappa shape index (κ1) is 22.1.